The number of hydrogen-bond donors (Lipinski definition) is 0. The number of carbonyl (C=O) groups is 1. The summed E-state index contributed by atoms with van der Waals surface area (Å²) >= 11 is 12.3. The Morgan fingerprint density at radius 1 is 1.25 bits per heavy atom. The fourth-order valence-corrected chi connectivity index (χ4v) is 3.25. The van der Waals surface area contributed by atoms with Crippen LogP contribution in [-0.4, -0.2) is 12.4 Å². The summed E-state index contributed by atoms with van der Waals surface area (Å²) in [5.74, 6) is 1.31. The van der Waals surface area contributed by atoms with Gasteiger partial charge in [0.15, 0.2) is 5.78 Å². The second kappa shape index (κ2) is 7.33. The molecular formula is C16H20Cl2O2. The van der Waals surface area contributed by atoms with E-state index in [1.165, 1.54) is 25.7 Å². The number of hydrogen-bond acceptors (Lipinski definition) is 2. The fraction of sp³-hybridized carbons (Fsp3) is 0.562. The highest BCUT2D eigenvalue weighted by Crippen LogP contribution is 2.33. The summed E-state index contributed by atoms with van der Waals surface area (Å²) in [5, 5.41) is 0.870. The molecule has 0 spiro atoms. The lowest BCUT2D eigenvalue weighted by molar-refractivity contribution is 0.0974. The zero-order chi connectivity index (χ0) is 14.5. The first kappa shape index (κ1) is 15.7. The maximum Gasteiger partial charge on any atom is 0.164 e. The van der Waals surface area contributed by atoms with E-state index in [0.29, 0.717) is 40.3 Å². The summed E-state index contributed by atoms with van der Waals surface area (Å²) in [7, 11) is 0. The molecule has 0 radical (unpaired) electrons. The van der Waals surface area contributed by atoms with Crippen LogP contribution in [0.1, 0.15) is 55.8 Å². The molecule has 0 aromatic heterocycles. The summed E-state index contributed by atoms with van der Waals surface area (Å²) < 4.78 is 5.37. The lowest BCUT2D eigenvalue weighted by Crippen LogP contribution is -2.04. The van der Waals surface area contributed by atoms with Gasteiger partial charge in [0.2, 0.25) is 0 Å². The van der Waals surface area contributed by atoms with Crippen molar-refractivity contribution in [1.82, 2.24) is 0 Å². The zero-order valence-corrected chi connectivity index (χ0v) is 13.3. The minimum absolute atomic E-state index is 0.0758. The van der Waals surface area contributed by atoms with Crippen molar-refractivity contribution in [3.05, 3.63) is 27.7 Å². The summed E-state index contributed by atoms with van der Waals surface area (Å²) in [6, 6.07) is 3.27. The van der Waals surface area contributed by atoms with Gasteiger partial charge in [-0.15, -0.1) is 0 Å². The van der Waals surface area contributed by atoms with Crippen molar-refractivity contribution in [2.75, 3.05) is 6.61 Å². The van der Waals surface area contributed by atoms with Crippen LogP contribution in [0.4, 0.5) is 0 Å². The Morgan fingerprint density at radius 3 is 2.60 bits per heavy atom. The molecule has 0 heterocycles. The van der Waals surface area contributed by atoms with Crippen LogP contribution in [0.5, 0.6) is 5.75 Å². The summed E-state index contributed by atoms with van der Waals surface area (Å²) in [5.41, 5.74) is 0.512. The summed E-state index contributed by atoms with van der Waals surface area (Å²) in [6.45, 7) is 2.40. The number of carbonyl (C=O) groups excluding carboxylic acids is 1. The number of halogens is 2. The number of ketones is 1. The average molecular weight is 315 g/mol. The summed E-state index contributed by atoms with van der Waals surface area (Å²) in [6.07, 6.45) is 6.62. The minimum atomic E-state index is 0.0758. The average Bonchev–Trinajstić information content (AvgIpc) is 2.93. The van der Waals surface area contributed by atoms with E-state index in [1.807, 2.05) is 6.92 Å². The van der Waals surface area contributed by atoms with E-state index >= 15 is 0 Å². The van der Waals surface area contributed by atoms with Crippen LogP contribution in [0, 0.1) is 5.92 Å². The normalized spacial score (nSPS) is 15.6. The van der Waals surface area contributed by atoms with Crippen molar-refractivity contribution >= 4 is 29.0 Å². The molecule has 1 aliphatic rings. The summed E-state index contributed by atoms with van der Waals surface area (Å²) in [4.78, 5) is 12.3. The Balaban J connectivity index is 2.03. The van der Waals surface area contributed by atoms with Gasteiger partial charge in [-0.05, 0) is 25.3 Å². The zero-order valence-electron chi connectivity index (χ0n) is 11.8. The van der Waals surface area contributed by atoms with Gasteiger partial charge < -0.3 is 4.74 Å². The van der Waals surface area contributed by atoms with Gasteiger partial charge in [0, 0.05) is 18.1 Å². The van der Waals surface area contributed by atoms with Gasteiger partial charge in [0.05, 0.1) is 16.7 Å². The number of Topliss-reactive ketones (excluding diaryl/α,β-unsaturated/α-hetero) is 1. The molecule has 2 nitrogen and oxygen atoms in total. The minimum Gasteiger partial charge on any atom is -0.492 e. The lowest BCUT2D eigenvalue weighted by atomic mass is 9.97. The van der Waals surface area contributed by atoms with Crippen molar-refractivity contribution in [2.45, 2.75) is 45.4 Å². The van der Waals surface area contributed by atoms with Crippen molar-refractivity contribution in [2.24, 2.45) is 5.92 Å². The highest BCUT2D eigenvalue weighted by molar-refractivity contribution is 6.36. The van der Waals surface area contributed by atoms with Gasteiger partial charge in [-0.1, -0.05) is 48.9 Å². The van der Waals surface area contributed by atoms with E-state index < -0.39 is 0 Å². The van der Waals surface area contributed by atoms with Crippen LogP contribution in [0.3, 0.4) is 0 Å². The molecule has 0 saturated heterocycles. The predicted octanol–water partition coefficient (Wildman–Crippen LogP) is 5.55. The first-order chi connectivity index (χ1) is 9.61. The van der Waals surface area contributed by atoms with Crippen LogP contribution in [0.25, 0.3) is 0 Å². The van der Waals surface area contributed by atoms with Crippen LogP contribution in [0.15, 0.2) is 12.1 Å². The Labute approximate surface area is 130 Å². The van der Waals surface area contributed by atoms with Gasteiger partial charge in [0.1, 0.15) is 5.75 Å². The molecule has 0 atom stereocenters. The Kier molecular flexibility index (Phi) is 5.74. The van der Waals surface area contributed by atoms with Gasteiger partial charge in [-0.2, -0.15) is 0 Å². The molecule has 1 aliphatic carbocycles. The molecule has 110 valence electrons. The molecular weight excluding hydrogens is 295 g/mol. The van der Waals surface area contributed by atoms with Crippen LogP contribution in [0.2, 0.25) is 10.0 Å². The molecule has 0 bridgehead atoms. The molecule has 1 aromatic carbocycles. The van der Waals surface area contributed by atoms with E-state index in [4.69, 9.17) is 27.9 Å². The molecule has 1 saturated carbocycles. The van der Waals surface area contributed by atoms with E-state index in [2.05, 4.69) is 0 Å². The molecule has 0 aliphatic heterocycles. The Hall–Kier alpha value is -0.730. The fourth-order valence-electron chi connectivity index (χ4n) is 2.78. The molecule has 1 fully saturated rings. The molecule has 0 unspecified atom stereocenters. The second-order valence-electron chi connectivity index (χ2n) is 5.31. The van der Waals surface area contributed by atoms with Crippen LogP contribution >= 0.6 is 23.2 Å². The van der Waals surface area contributed by atoms with Gasteiger partial charge in [-0.3, -0.25) is 4.79 Å². The van der Waals surface area contributed by atoms with Gasteiger partial charge >= 0.3 is 0 Å². The number of rotatable bonds is 6. The van der Waals surface area contributed by atoms with E-state index in [-0.39, 0.29) is 5.78 Å². The third kappa shape index (κ3) is 3.89. The molecule has 2 rings (SSSR count). The van der Waals surface area contributed by atoms with E-state index in [0.717, 1.165) is 6.42 Å². The van der Waals surface area contributed by atoms with E-state index in [9.17, 15) is 4.79 Å². The maximum absolute atomic E-state index is 12.3. The van der Waals surface area contributed by atoms with Gasteiger partial charge in [-0.25, -0.2) is 0 Å². The molecule has 20 heavy (non-hydrogen) atoms. The largest absolute Gasteiger partial charge is 0.492 e. The van der Waals surface area contributed by atoms with Crippen molar-refractivity contribution < 1.29 is 9.53 Å². The lowest BCUT2D eigenvalue weighted by Gasteiger charge is -2.11. The van der Waals surface area contributed by atoms with Crippen LogP contribution < -0.4 is 4.74 Å². The van der Waals surface area contributed by atoms with E-state index in [1.54, 1.807) is 12.1 Å². The van der Waals surface area contributed by atoms with Gasteiger partial charge in [0.25, 0.3) is 0 Å². The predicted molar refractivity (Wildman–Crippen MR) is 83.2 cm³/mol. The Bertz CT molecular complexity index is 480. The third-order valence-corrected chi connectivity index (χ3v) is 4.48. The Morgan fingerprint density at radius 2 is 1.95 bits per heavy atom. The molecule has 0 amide bonds. The standard InChI is InChI=1S/C16H20Cl2O2/c1-2-20-16-10-13(17)12(9-14(16)18)15(19)8-7-11-5-3-4-6-11/h9-11H,2-8H2,1H3. The number of benzene rings is 1. The van der Waals surface area contributed by atoms with Crippen molar-refractivity contribution in [1.29, 1.82) is 0 Å². The molecule has 1 aromatic rings. The quantitative estimate of drug-likeness (QED) is 0.644. The van der Waals surface area contributed by atoms with Crippen molar-refractivity contribution in [3.63, 3.8) is 0 Å². The second-order valence-corrected chi connectivity index (χ2v) is 6.12. The van der Waals surface area contributed by atoms with Crippen LogP contribution in [-0.2, 0) is 0 Å². The molecule has 4 heteroatoms. The highest BCUT2D eigenvalue weighted by atomic mass is 35.5. The topological polar surface area (TPSA) is 26.3 Å². The first-order valence-electron chi connectivity index (χ1n) is 7.26. The molecule has 0 N–H and O–H groups in total. The number of ether oxygens (including phenoxy) is 1. The first-order valence-corrected chi connectivity index (χ1v) is 8.02. The van der Waals surface area contributed by atoms with Crippen molar-refractivity contribution in [3.8, 4) is 5.75 Å². The highest BCUT2D eigenvalue weighted by Gasteiger charge is 2.19. The maximum atomic E-state index is 12.3. The third-order valence-electron chi connectivity index (χ3n) is 3.88. The monoisotopic (exact) mass is 314 g/mol. The smallest absolute Gasteiger partial charge is 0.164 e. The SMILES string of the molecule is CCOc1cc(Cl)c(C(=O)CCC2CCCC2)cc1Cl.